The van der Waals surface area contributed by atoms with Gasteiger partial charge in [-0.25, -0.2) is 4.98 Å². The van der Waals surface area contributed by atoms with E-state index in [2.05, 4.69) is 10.3 Å². The smallest absolute Gasteiger partial charge is 0.226 e. The van der Waals surface area contributed by atoms with E-state index in [0.717, 1.165) is 0 Å². The number of ether oxygens (including phenoxy) is 1. The first-order valence-corrected chi connectivity index (χ1v) is 5.48. The summed E-state index contributed by atoms with van der Waals surface area (Å²) in [4.78, 5) is 15.5. The molecule has 0 fully saturated rings. The van der Waals surface area contributed by atoms with E-state index in [4.69, 9.17) is 10.5 Å². The first-order chi connectivity index (χ1) is 7.11. The predicted molar refractivity (Wildman–Crippen MR) is 59.7 cm³/mol. The second-order valence-corrected chi connectivity index (χ2v) is 4.17. The predicted octanol–water partition coefficient (Wildman–Crippen LogP) is 0.419. The zero-order chi connectivity index (χ0) is 11.3. The molecule has 1 unspecified atom stereocenters. The maximum absolute atomic E-state index is 11.5. The maximum atomic E-state index is 11.5. The molecule has 0 saturated carbocycles. The first-order valence-electron chi connectivity index (χ1n) is 4.60. The molecule has 0 aromatic carbocycles. The molecule has 1 rings (SSSR count). The van der Waals surface area contributed by atoms with Crippen LogP contribution in [-0.4, -0.2) is 30.6 Å². The number of nitrogens with one attached hydrogen (secondary N) is 1. The zero-order valence-electron chi connectivity index (χ0n) is 8.82. The SMILES string of the molecule is COCC(C)NC(=O)Cc1csc(N)n1. The molecule has 1 heterocycles. The van der Waals surface area contributed by atoms with Crippen LogP contribution in [-0.2, 0) is 16.0 Å². The fourth-order valence-electron chi connectivity index (χ4n) is 1.19. The van der Waals surface area contributed by atoms with E-state index in [9.17, 15) is 4.79 Å². The van der Waals surface area contributed by atoms with Crippen LogP contribution in [0, 0.1) is 0 Å². The Morgan fingerprint density at radius 2 is 2.53 bits per heavy atom. The summed E-state index contributed by atoms with van der Waals surface area (Å²) in [6.45, 7) is 2.39. The number of methoxy groups -OCH3 is 1. The van der Waals surface area contributed by atoms with Crippen molar-refractivity contribution in [2.45, 2.75) is 19.4 Å². The molecule has 1 atom stereocenters. The van der Waals surface area contributed by atoms with Gasteiger partial charge in [-0.2, -0.15) is 0 Å². The van der Waals surface area contributed by atoms with Crippen LogP contribution >= 0.6 is 11.3 Å². The molecule has 5 nitrogen and oxygen atoms in total. The van der Waals surface area contributed by atoms with Gasteiger partial charge in [0.25, 0.3) is 0 Å². The van der Waals surface area contributed by atoms with Crippen molar-refractivity contribution in [3.8, 4) is 0 Å². The Morgan fingerprint density at radius 3 is 3.07 bits per heavy atom. The Morgan fingerprint density at radius 1 is 1.80 bits per heavy atom. The van der Waals surface area contributed by atoms with Gasteiger partial charge in [-0.3, -0.25) is 4.79 Å². The molecule has 0 radical (unpaired) electrons. The molecule has 1 amide bonds. The van der Waals surface area contributed by atoms with Gasteiger partial charge in [0.2, 0.25) is 5.91 Å². The van der Waals surface area contributed by atoms with Crippen molar-refractivity contribution in [2.75, 3.05) is 19.5 Å². The third-order valence-corrected chi connectivity index (χ3v) is 2.46. The highest BCUT2D eigenvalue weighted by Crippen LogP contribution is 2.11. The van der Waals surface area contributed by atoms with Gasteiger partial charge in [-0.1, -0.05) is 0 Å². The average Bonchev–Trinajstić information content (AvgIpc) is 2.51. The minimum absolute atomic E-state index is 0.0125. The number of hydrogen-bond acceptors (Lipinski definition) is 5. The van der Waals surface area contributed by atoms with Crippen molar-refractivity contribution in [2.24, 2.45) is 0 Å². The van der Waals surface area contributed by atoms with Crippen molar-refractivity contribution in [1.29, 1.82) is 0 Å². The van der Waals surface area contributed by atoms with Crippen molar-refractivity contribution < 1.29 is 9.53 Å². The summed E-state index contributed by atoms with van der Waals surface area (Å²) in [6, 6.07) is 0.0125. The Hall–Kier alpha value is -1.14. The lowest BCUT2D eigenvalue weighted by Gasteiger charge is -2.11. The molecule has 0 aliphatic rings. The number of carbonyl (C=O) groups is 1. The molecular weight excluding hydrogens is 214 g/mol. The Bertz CT molecular complexity index is 327. The van der Waals surface area contributed by atoms with Crippen LogP contribution in [0.1, 0.15) is 12.6 Å². The topological polar surface area (TPSA) is 77.2 Å². The molecule has 3 N–H and O–H groups in total. The lowest BCUT2D eigenvalue weighted by atomic mass is 10.3. The molecule has 0 saturated heterocycles. The average molecular weight is 229 g/mol. The van der Waals surface area contributed by atoms with Gasteiger partial charge in [0, 0.05) is 18.5 Å². The second-order valence-electron chi connectivity index (χ2n) is 3.28. The number of rotatable bonds is 5. The highest BCUT2D eigenvalue weighted by atomic mass is 32.1. The Balaban J connectivity index is 2.36. The number of aromatic nitrogens is 1. The summed E-state index contributed by atoms with van der Waals surface area (Å²) in [7, 11) is 1.60. The van der Waals surface area contributed by atoms with Crippen LogP contribution < -0.4 is 11.1 Å². The third-order valence-electron chi connectivity index (χ3n) is 1.74. The van der Waals surface area contributed by atoms with E-state index in [1.807, 2.05) is 6.92 Å². The van der Waals surface area contributed by atoms with Crippen molar-refractivity contribution in [1.82, 2.24) is 10.3 Å². The van der Waals surface area contributed by atoms with Crippen molar-refractivity contribution in [3.05, 3.63) is 11.1 Å². The quantitative estimate of drug-likeness (QED) is 0.767. The summed E-state index contributed by atoms with van der Waals surface area (Å²) >= 11 is 1.34. The molecule has 84 valence electrons. The number of anilines is 1. The van der Waals surface area contributed by atoms with Gasteiger partial charge in [0.05, 0.1) is 18.7 Å². The number of nitrogens with zero attached hydrogens (tertiary/aromatic N) is 1. The molecule has 6 heteroatoms. The summed E-state index contributed by atoms with van der Waals surface area (Å²) in [6.07, 6.45) is 0.266. The summed E-state index contributed by atoms with van der Waals surface area (Å²) in [5, 5.41) is 5.07. The fraction of sp³-hybridized carbons (Fsp3) is 0.556. The standard InChI is InChI=1S/C9H15N3O2S/c1-6(4-14-2)11-8(13)3-7-5-15-9(10)12-7/h5-6H,3-4H2,1-2H3,(H2,10,12)(H,11,13). The third kappa shape index (κ3) is 4.26. The highest BCUT2D eigenvalue weighted by molar-refractivity contribution is 7.13. The van der Waals surface area contributed by atoms with Crippen LogP contribution in [0.3, 0.4) is 0 Å². The van der Waals surface area contributed by atoms with Gasteiger partial charge in [0.15, 0.2) is 5.13 Å². The maximum Gasteiger partial charge on any atom is 0.226 e. The lowest BCUT2D eigenvalue weighted by molar-refractivity contribution is -0.121. The van der Waals surface area contributed by atoms with E-state index in [-0.39, 0.29) is 18.4 Å². The summed E-state index contributed by atoms with van der Waals surface area (Å²) < 4.78 is 4.91. The molecule has 0 spiro atoms. The van der Waals surface area contributed by atoms with Gasteiger partial charge in [-0.15, -0.1) is 11.3 Å². The number of carbonyl (C=O) groups excluding carboxylic acids is 1. The van der Waals surface area contributed by atoms with E-state index >= 15 is 0 Å². The minimum atomic E-state index is -0.0650. The number of nitrogen functional groups attached to an aromatic ring is 1. The van der Waals surface area contributed by atoms with Gasteiger partial charge >= 0.3 is 0 Å². The number of thiazole rings is 1. The molecule has 15 heavy (non-hydrogen) atoms. The van der Waals surface area contributed by atoms with Gasteiger partial charge < -0.3 is 15.8 Å². The first kappa shape index (κ1) is 11.9. The normalized spacial score (nSPS) is 12.4. The molecule has 0 aliphatic heterocycles. The molecule has 1 aromatic rings. The lowest BCUT2D eigenvalue weighted by Crippen LogP contribution is -2.36. The fourth-order valence-corrected chi connectivity index (χ4v) is 1.75. The van der Waals surface area contributed by atoms with E-state index in [1.165, 1.54) is 11.3 Å². The van der Waals surface area contributed by atoms with Crippen LogP contribution in [0.15, 0.2) is 5.38 Å². The second kappa shape index (κ2) is 5.67. The molecule has 0 bridgehead atoms. The molecule has 0 aliphatic carbocycles. The molecular formula is C9H15N3O2S. The number of hydrogen-bond donors (Lipinski definition) is 2. The van der Waals surface area contributed by atoms with E-state index in [1.54, 1.807) is 12.5 Å². The summed E-state index contributed by atoms with van der Waals surface area (Å²) in [5.74, 6) is -0.0650. The van der Waals surface area contributed by atoms with Crippen LogP contribution in [0.25, 0.3) is 0 Å². The van der Waals surface area contributed by atoms with Gasteiger partial charge in [0.1, 0.15) is 0 Å². The van der Waals surface area contributed by atoms with Gasteiger partial charge in [-0.05, 0) is 6.92 Å². The largest absolute Gasteiger partial charge is 0.383 e. The van der Waals surface area contributed by atoms with E-state index < -0.39 is 0 Å². The van der Waals surface area contributed by atoms with Crippen LogP contribution in [0.2, 0.25) is 0 Å². The number of nitrogens with two attached hydrogens (primary N) is 1. The number of amides is 1. The molecule has 1 aromatic heterocycles. The Labute approximate surface area is 92.6 Å². The van der Waals surface area contributed by atoms with Crippen LogP contribution in [0.4, 0.5) is 5.13 Å². The van der Waals surface area contributed by atoms with Crippen LogP contribution in [0.5, 0.6) is 0 Å². The van der Waals surface area contributed by atoms with Crippen molar-refractivity contribution >= 4 is 22.4 Å². The zero-order valence-corrected chi connectivity index (χ0v) is 9.63. The monoisotopic (exact) mass is 229 g/mol. The summed E-state index contributed by atoms with van der Waals surface area (Å²) in [5.41, 5.74) is 6.17. The highest BCUT2D eigenvalue weighted by Gasteiger charge is 2.09. The van der Waals surface area contributed by atoms with Crippen molar-refractivity contribution in [3.63, 3.8) is 0 Å². The minimum Gasteiger partial charge on any atom is -0.383 e. The van der Waals surface area contributed by atoms with E-state index in [0.29, 0.717) is 17.4 Å². The Kier molecular flexibility index (Phi) is 4.51.